The first-order valence-corrected chi connectivity index (χ1v) is 10.5. The Morgan fingerprint density at radius 1 is 0.938 bits per heavy atom. The number of carbonyl (C=O) groups is 2. The van der Waals surface area contributed by atoms with Crippen LogP contribution in [0.2, 0.25) is 0 Å². The Morgan fingerprint density at radius 2 is 1.53 bits per heavy atom. The van der Waals surface area contributed by atoms with Crippen LogP contribution in [-0.2, 0) is 16.0 Å². The molecule has 32 heavy (non-hydrogen) atoms. The van der Waals surface area contributed by atoms with Crippen LogP contribution in [0.3, 0.4) is 0 Å². The van der Waals surface area contributed by atoms with Gasteiger partial charge in [0.05, 0.1) is 5.52 Å². The van der Waals surface area contributed by atoms with E-state index in [1.54, 1.807) is 6.20 Å². The third-order valence-electron chi connectivity index (χ3n) is 6.08. The minimum Gasteiger partial charge on any atom is -0.480 e. The molecule has 1 aromatic heterocycles. The van der Waals surface area contributed by atoms with Crippen LogP contribution in [0.25, 0.3) is 22.0 Å². The molecule has 5 rings (SSSR count). The number of rotatable bonds is 5. The quantitative estimate of drug-likeness (QED) is 0.493. The molecule has 3 N–H and O–H groups in total. The number of ether oxygens (including phenoxy) is 1. The fourth-order valence-electron chi connectivity index (χ4n) is 4.55. The summed E-state index contributed by atoms with van der Waals surface area (Å²) in [5.74, 6) is -1.11. The average Bonchev–Trinajstić information content (AvgIpc) is 3.34. The fourth-order valence-corrected chi connectivity index (χ4v) is 4.55. The van der Waals surface area contributed by atoms with Crippen molar-refractivity contribution < 1.29 is 19.4 Å². The first-order chi connectivity index (χ1) is 15.5. The van der Waals surface area contributed by atoms with Gasteiger partial charge in [-0.2, -0.15) is 0 Å². The molecule has 160 valence electrons. The third-order valence-corrected chi connectivity index (χ3v) is 6.08. The molecule has 1 aliphatic rings. The number of nitrogens with two attached hydrogens (primary N) is 1. The highest BCUT2D eigenvalue weighted by Gasteiger charge is 2.29. The van der Waals surface area contributed by atoms with Crippen molar-refractivity contribution in [3.8, 4) is 11.1 Å². The highest BCUT2D eigenvalue weighted by atomic mass is 16.5. The van der Waals surface area contributed by atoms with Gasteiger partial charge >= 0.3 is 12.1 Å². The highest BCUT2D eigenvalue weighted by Crippen LogP contribution is 2.44. The molecule has 0 saturated heterocycles. The van der Waals surface area contributed by atoms with Crippen LogP contribution in [0.15, 0.2) is 79.0 Å². The lowest BCUT2D eigenvalue weighted by molar-refractivity contribution is -0.138. The molecule has 0 amide bonds. The molecular weight excluding hydrogens is 404 g/mol. The minimum absolute atomic E-state index is 0.0342. The van der Waals surface area contributed by atoms with E-state index in [0.717, 1.165) is 16.5 Å². The number of hydrogen-bond donors (Lipinski definition) is 2. The number of benzene rings is 3. The Bertz CT molecular complexity index is 1300. The monoisotopic (exact) mass is 426 g/mol. The summed E-state index contributed by atoms with van der Waals surface area (Å²) in [5.41, 5.74) is 11.7. The Hall–Kier alpha value is -3.90. The van der Waals surface area contributed by atoms with Gasteiger partial charge in [0.1, 0.15) is 12.6 Å². The van der Waals surface area contributed by atoms with Gasteiger partial charge in [0, 0.05) is 23.9 Å². The molecule has 0 saturated carbocycles. The summed E-state index contributed by atoms with van der Waals surface area (Å²) in [6, 6.07) is 22.6. The largest absolute Gasteiger partial charge is 0.480 e. The maximum Gasteiger partial charge on any atom is 0.418 e. The Labute approximate surface area is 184 Å². The summed E-state index contributed by atoms with van der Waals surface area (Å²) in [5, 5.41) is 9.96. The number of hydrogen-bond acceptors (Lipinski definition) is 4. The summed E-state index contributed by atoms with van der Waals surface area (Å²) >= 11 is 0. The van der Waals surface area contributed by atoms with Gasteiger partial charge in [-0.15, -0.1) is 0 Å². The van der Waals surface area contributed by atoms with Crippen LogP contribution < -0.4 is 5.73 Å². The van der Waals surface area contributed by atoms with E-state index in [1.165, 1.54) is 15.7 Å². The second kappa shape index (κ2) is 7.98. The van der Waals surface area contributed by atoms with Crippen molar-refractivity contribution in [2.24, 2.45) is 5.73 Å². The van der Waals surface area contributed by atoms with Gasteiger partial charge < -0.3 is 15.6 Å². The maximum atomic E-state index is 13.1. The number of carboxylic acid groups (broad SMARTS) is 1. The second-order valence-corrected chi connectivity index (χ2v) is 7.99. The van der Waals surface area contributed by atoms with E-state index in [9.17, 15) is 14.7 Å². The predicted octanol–water partition coefficient (Wildman–Crippen LogP) is 4.39. The van der Waals surface area contributed by atoms with Crippen molar-refractivity contribution in [1.29, 1.82) is 0 Å². The molecule has 1 heterocycles. The summed E-state index contributed by atoms with van der Waals surface area (Å²) in [7, 11) is 0. The highest BCUT2D eigenvalue weighted by molar-refractivity contribution is 5.92. The fraction of sp³-hybridized carbons (Fsp3) is 0.154. The van der Waals surface area contributed by atoms with Crippen molar-refractivity contribution in [2.75, 3.05) is 6.61 Å². The van der Waals surface area contributed by atoms with E-state index < -0.39 is 18.1 Å². The molecule has 0 radical (unpaired) electrons. The first kappa shape index (κ1) is 20.0. The molecule has 3 aromatic carbocycles. The normalized spacial score (nSPS) is 13.5. The zero-order valence-corrected chi connectivity index (χ0v) is 17.3. The van der Waals surface area contributed by atoms with E-state index >= 15 is 0 Å². The standard InChI is InChI=1S/C26H22N2O4/c27-23(25(29)30)13-16-14-28(24-12-6-5-7-17(16)24)26(31)32-15-22-20-10-3-1-8-18(20)19-9-2-4-11-21(19)22/h1-12,14,22-23H,13,15,27H2,(H,29,30). The lowest BCUT2D eigenvalue weighted by Crippen LogP contribution is -2.32. The van der Waals surface area contributed by atoms with Crippen molar-refractivity contribution in [3.05, 3.63) is 95.7 Å². The number of nitrogens with zero attached hydrogens (tertiary/aromatic N) is 1. The predicted molar refractivity (Wildman–Crippen MR) is 122 cm³/mol. The molecule has 1 atom stereocenters. The van der Waals surface area contributed by atoms with E-state index in [-0.39, 0.29) is 18.9 Å². The smallest absolute Gasteiger partial charge is 0.418 e. The molecule has 1 aliphatic carbocycles. The lowest BCUT2D eigenvalue weighted by atomic mass is 9.98. The molecule has 6 nitrogen and oxygen atoms in total. The Kier molecular flexibility index (Phi) is 4.99. The number of fused-ring (bicyclic) bond motifs is 4. The van der Waals surface area contributed by atoms with Crippen molar-refractivity contribution in [2.45, 2.75) is 18.4 Å². The van der Waals surface area contributed by atoms with E-state index in [0.29, 0.717) is 11.1 Å². The summed E-state index contributed by atoms with van der Waals surface area (Å²) in [4.78, 5) is 24.3. The Balaban J connectivity index is 1.42. The molecular formula is C26H22N2O4. The lowest BCUT2D eigenvalue weighted by Gasteiger charge is -2.14. The average molecular weight is 426 g/mol. The summed E-state index contributed by atoms with van der Waals surface area (Å²) in [6.07, 6.45) is 1.25. The van der Waals surface area contributed by atoms with Gasteiger partial charge in [-0.05, 0) is 33.9 Å². The number of carboxylic acids is 1. The number of para-hydroxylation sites is 1. The summed E-state index contributed by atoms with van der Waals surface area (Å²) < 4.78 is 7.21. The molecule has 6 heteroatoms. The molecule has 0 aliphatic heterocycles. The van der Waals surface area contributed by atoms with E-state index in [1.807, 2.05) is 48.5 Å². The third kappa shape index (κ3) is 3.35. The van der Waals surface area contributed by atoms with Crippen LogP contribution in [-0.4, -0.2) is 34.4 Å². The topological polar surface area (TPSA) is 94.5 Å². The second-order valence-electron chi connectivity index (χ2n) is 7.99. The van der Waals surface area contributed by atoms with Gasteiger partial charge in [0.25, 0.3) is 0 Å². The molecule has 0 bridgehead atoms. The van der Waals surface area contributed by atoms with Crippen LogP contribution in [0.1, 0.15) is 22.6 Å². The first-order valence-electron chi connectivity index (χ1n) is 10.5. The number of aromatic nitrogens is 1. The van der Waals surface area contributed by atoms with Crippen molar-refractivity contribution >= 4 is 23.0 Å². The molecule has 0 fully saturated rings. The zero-order chi connectivity index (χ0) is 22.2. The van der Waals surface area contributed by atoms with Gasteiger partial charge in [0.2, 0.25) is 0 Å². The Morgan fingerprint density at radius 3 is 2.19 bits per heavy atom. The summed E-state index contributed by atoms with van der Waals surface area (Å²) in [6.45, 7) is 0.212. The van der Waals surface area contributed by atoms with Crippen LogP contribution >= 0.6 is 0 Å². The number of carbonyl (C=O) groups excluding carboxylic acids is 1. The maximum absolute atomic E-state index is 13.1. The van der Waals surface area contributed by atoms with Crippen LogP contribution in [0.4, 0.5) is 4.79 Å². The zero-order valence-electron chi connectivity index (χ0n) is 17.3. The van der Waals surface area contributed by atoms with Gasteiger partial charge in [-0.3, -0.25) is 9.36 Å². The van der Waals surface area contributed by atoms with Crippen LogP contribution in [0, 0.1) is 0 Å². The van der Waals surface area contributed by atoms with Crippen LogP contribution in [0.5, 0.6) is 0 Å². The van der Waals surface area contributed by atoms with Gasteiger partial charge in [-0.25, -0.2) is 4.79 Å². The molecule has 4 aromatic rings. The molecule has 0 spiro atoms. The SMILES string of the molecule is NC(Cc1cn(C(=O)OCC2c3ccccc3-c3ccccc32)c2ccccc12)C(=O)O. The van der Waals surface area contributed by atoms with Crippen molar-refractivity contribution in [3.63, 3.8) is 0 Å². The van der Waals surface area contributed by atoms with E-state index in [2.05, 4.69) is 24.3 Å². The number of aliphatic carboxylic acids is 1. The van der Waals surface area contributed by atoms with Crippen molar-refractivity contribution in [1.82, 2.24) is 4.57 Å². The van der Waals surface area contributed by atoms with Gasteiger partial charge in [-0.1, -0.05) is 66.7 Å². The van der Waals surface area contributed by atoms with Gasteiger partial charge in [0.15, 0.2) is 0 Å². The minimum atomic E-state index is -1.08. The van der Waals surface area contributed by atoms with E-state index in [4.69, 9.17) is 10.5 Å². The molecule has 1 unspecified atom stereocenters.